The van der Waals surface area contributed by atoms with Gasteiger partial charge in [-0.3, -0.25) is 4.79 Å². The maximum absolute atomic E-state index is 14.7. The Balaban J connectivity index is 1.51. The minimum absolute atomic E-state index is 0.0267. The van der Waals surface area contributed by atoms with Gasteiger partial charge in [0.1, 0.15) is 23.1 Å². The molecule has 7 heteroatoms. The maximum atomic E-state index is 14.7. The lowest BCUT2D eigenvalue weighted by Gasteiger charge is -2.34. The van der Waals surface area contributed by atoms with Crippen LogP contribution < -0.4 is 15.4 Å². The number of anilines is 2. The van der Waals surface area contributed by atoms with Crippen LogP contribution in [0.3, 0.4) is 0 Å². The highest BCUT2D eigenvalue weighted by Gasteiger charge is 2.33. The van der Waals surface area contributed by atoms with E-state index in [-0.39, 0.29) is 29.1 Å². The van der Waals surface area contributed by atoms with Crippen LogP contribution in [-0.4, -0.2) is 23.7 Å². The Morgan fingerprint density at radius 1 is 1.21 bits per heavy atom. The molecular weight excluding hydrogens is 378 g/mol. The number of phenols is 1. The first-order chi connectivity index (χ1) is 13.9. The van der Waals surface area contributed by atoms with Gasteiger partial charge in [0.05, 0.1) is 17.9 Å². The van der Waals surface area contributed by atoms with Gasteiger partial charge in [-0.05, 0) is 36.5 Å². The highest BCUT2D eigenvalue weighted by atomic mass is 19.1. The molecule has 1 fully saturated rings. The molecule has 2 aromatic rings. The zero-order valence-corrected chi connectivity index (χ0v) is 16.2. The molecule has 1 heterocycles. The van der Waals surface area contributed by atoms with E-state index in [2.05, 4.69) is 10.6 Å². The average molecular weight is 402 g/mol. The number of amides is 1. The van der Waals surface area contributed by atoms with Crippen molar-refractivity contribution in [2.75, 3.05) is 17.2 Å². The third-order valence-corrected chi connectivity index (χ3v) is 5.93. The number of hydrogen-bond donors (Lipinski definition) is 3. The van der Waals surface area contributed by atoms with Gasteiger partial charge in [0.15, 0.2) is 6.10 Å². The number of nitrogens with one attached hydrogen (secondary N) is 2. The Morgan fingerprint density at radius 3 is 2.72 bits per heavy atom. The normalized spacial score (nSPS) is 20.2. The molecule has 29 heavy (non-hydrogen) atoms. The summed E-state index contributed by atoms with van der Waals surface area (Å²) in [5.41, 5.74) is 0.789. The van der Waals surface area contributed by atoms with E-state index in [4.69, 9.17) is 4.74 Å². The highest BCUT2D eigenvalue weighted by Crippen LogP contribution is 2.44. The summed E-state index contributed by atoms with van der Waals surface area (Å²) in [7, 11) is 0. The zero-order chi connectivity index (χ0) is 20.6. The molecule has 3 N–H and O–H groups in total. The fourth-order valence-electron chi connectivity index (χ4n) is 4.24. The summed E-state index contributed by atoms with van der Waals surface area (Å²) in [6, 6.07) is 6.59. The minimum Gasteiger partial charge on any atom is -0.508 e. The van der Waals surface area contributed by atoms with Gasteiger partial charge >= 0.3 is 0 Å². The van der Waals surface area contributed by atoms with E-state index in [0.717, 1.165) is 32.1 Å². The van der Waals surface area contributed by atoms with Crippen LogP contribution in [0.4, 0.5) is 20.2 Å². The predicted molar refractivity (Wildman–Crippen MR) is 106 cm³/mol. The number of hydrogen-bond acceptors (Lipinski definition) is 4. The molecule has 0 spiro atoms. The molecular formula is C22H24F2N2O3. The van der Waals surface area contributed by atoms with Crippen molar-refractivity contribution in [3.63, 3.8) is 0 Å². The fourth-order valence-corrected chi connectivity index (χ4v) is 4.24. The second-order valence-electron chi connectivity index (χ2n) is 8.09. The van der Waals surface area contributed by atoms with Crippen LogP contribution in [0.1, 0.15) is 44.6 Å². The molecule has 0 aromatic heterocycles. The predicted octanol–water partition coefficient (Wildman–Crippen LogP) is 4.70. The lowest BCUT2D eigenvalue weighted by molar-refractivity contribution is -0.122. The highest BCUT2D eigenvalue weighted by molar-refractivity contribution is 5.95. The minimum atomic E-state index is -0.957. The molecule has 1 aliphatic heterocycles. The molecule has 1 amide bonds. The molecule has 1 unspecified atom stereocenters. The Labute approximate surface area is 168 Å². The molecule has 2 aliphatic rings. The third-order valence-electron chi connectivity index (χ3n) is 5.93. The monoisotopic (exact) mass is 402 g/mol. The van der Waals surface area contributed by atoms with Gasteiger partial charge < -0.3 is 20.5 Å². The van der Waals surface area contributed by atoms with Gasteiger partial charge in [0, 0.05) is 17.7 Å². The first kappa shape index (κ1) is 19.5. The van der Waals surface area contributed by atoms with E-state index in [1.54, 1.807) is 0 Å². The van der Waals surface area contributed by atoms with Crippen LogP contribution in [0.25, 0.3) is 0 Å². The van der Waals surface area contributed by atoms with Crippen molar-refractivity contribution in [1.29, 1.82) is 0 Å². The summed E-state index contributed by atoms with van der Waals surface area (Å²) in [4.78, 5) is 12.6. The largest absolute Gasteiger partial charge is 0.508 e. The second kappa shape index (κ2) is 7.54. The van der Waals surface area contributed by atoms with Gasteiger partial charge in [0.2, 0.25) is 0 Å². The number of ether oxygens (including phenoxy) is 1. The summed E-state index contributed by atoms with van der Waals surface area (Å²) in [6.07, 6.45) is 4.07. The fraction of sp³-hybridized carbons (Fsp3) is 0.409. The Bertz CT molecular complexity index is 942. The number of phenolic OH excluding ortho intramolecular Hbond substituents is 1. The molecule has 1 aliphatic carbocycles. The number of carbonyl (C=O) groups excluding carboxylic acids is 1. The smallest absolute Gasteiger partial charge is 0.267 e. The van der Waals surface area contributed by atoms with Crippen LogP contribution >= 0.6 is 0 Å². The molecule has 0 bridgehead atoms. The molecule has 0 saturated heterocycles. The van der Waals surface area contributed by atoms with Crippen molar-refractivity contribution in [3.05, 3.63) is 47.5 Å². The van der Waals surface area contributed by atoms with E-state index in [1.165, 1.54) is 30.3 Å². The van der Waals surface area contributed by atoms with Crippen LogP contribution in [0.2, 0.25) is 0 Å². The van der Waals surface area contributed by atoms with Crippen LogP contribution in [0, 0.1) is 11.6 Å². The number of aromatic hydroxyl groups is 1. The van der Waals surface area contributed by atoms with Gasteiger partial charge in [-0.1, -0.05) is 26.2 Å². The molecule has 0 radical (unpaired) electrons. The molecule has 1 saturated carbocycles. The summed E-state index contributed by atoms with van der Waals surface area (Å²) >= 11 is 0. The average Bonchev–Trinajstić information content (AvgIpc) is 2.70. The summed E-state index contributed by atoms with van der Waals surface area (Å²) in [5.74, 6) is -1.47. The summed E-state index contributed by atoms with van der Waals surface area (Å²) < 4.78 is 33.7. The Morgan fingerprint density at radius 2 is 1.97 bits per heavy atom. The lowest BCUT2D eigenvalue weighted by Crippen LogP contribution is -2.41. The maximum Gasteiger partial charge on any atom is 0.267 e. The topological polar surface area (TPSA) is 70.6 Å². The molecule has 4 rings (SSSR count). The van der Waals surface area contributed by atoms with E-state index in [1.807, 2.05) is 6.92 Å². The number of halogens is 2. The zero-order valence-electron chi connectivity index (χ0n) is 16.2. The van der Waals surface area contributed by atoms with Crippen LogP contribution in [0.15, 0.2) is 30.3 Å². The van der Waals surface area contributed by atoms with Crippen molar-refractivity contribution in [2.24, 2.45) is 0 Å². The van der Waals surface area contributed by atoms with E-state index in [0.29, 0.717) is 11.3 Å². The number of benzene rings is 2. The van der Waals surface area contributed by atoms with Crippen LogP contribution in [0.5, 0.6) is 11.5 Å². The molecule has 5 nitrogen and oxygen atoms in total. The molecule has 154 valence electrons. The lowest BCUT2D eigenvalue weighted by atomic mass is 9.70. The second-order valence-corrected chi connectivity index (χ2v) is 8.09. The molecule has 2 aromatic carbocycles. The standard InChI is InChI=1S/C22H24F2N2O3/c1-22(7-3-2-4-8-22)14-10-15(24)17(11-18(14)27)26-21(28)20-12-25-16-6-5-13(23)9-19(16)29-20/h5-6,9-11,20,25,27H,2-4,7-8,12H2,1H3,(H,26,28). The van der Waals surface area contributed by atoms with E-state index in [9.17, 15) is 18.7 Å². The first-order valence-electron chi connectivity index (χ1n) is 9.90. The number of fused-ring (bicyclic) bond motifs is 1. The Hall–Kier alpha value is -2.83. The van der Waals surface area contributed by atoms with Crippen molar-refractivity contribution in [2.45, 2.75) is 50.5 Å². The number of rotatable bonds is 3. The summed E-state index contributed by atoms with van der Waals surface area (Å²) in [6.45, 7) is 2.20. The van der Waals surface area contributed by atoms with E-state index < -0.39 is 23.6 Å². The van der Waals surface area contributed by atoms with Gasteiger partial charge in [-0.2, -0.15) is 0 Å². The number of carbonyl (C=O) groups is 1. The molecule has 1 atom stereocenters. The van der Waals surface area contributed by atoms with Crippen molar-refractivity contribution in [3.8, 4) is 11.5 Å². The van der Waals surface area contributed by atoms with Gasteiger partial charge in [-0.15, -0.1) is 0 Å². The quantitative estimate of drug-likeness (QED) is 0.696. The SMILES string of the molecule is CC1(c2cc(F)c(NC(=O)C3CNc4ccc(F)cc4O3)cc2O)CCCCC1. The Kier molecular flexibility index (Phi) is 5.06. The summed E-state index contributed by atoms with van der Waals surface area (Å²) in [5, 5.41) is 16.0. The van der Waals surface area contributed by atoms with Crippen molar-refractivity contribution in [1.82, 2.24) is 0 Å². The first-order valence-corrected chi connectivity index (χ1v) is 9.90. The van der Waals surface area contributed by atoms with Gasteiger partial charge in [0.25, 0.3) is 5.91 Å². The van der Waals surface area contributed by atoms with E-state index >= 15 is 0 Å². The third kappa shape index (κ3) is 3.86. The van der Waals surface area contributed by atoms with Crippen LogP contribution in [-0.2, 0) is 10.2 Å². The van der Waals surface area contributed by atoms with Gasteiger partial charge in [-0.25, -0.2) is 8.78 Å². The van der Waals surface area contributed by atoms with Crippen molar-refractivity contribution < 1.29 is 23.4 Å². The van der Waals surface area contributed by atoms with Crippen molar-refractivity contribution >= 4 is 17.3 Å².